The zero-order valence-corrected chi connectivity index (χ0v) is 24.7. The summed E-state index contributed by atoms with van der Waals surface area (Å²) in [5.41, 5.74) is 3.57. The van der Waals surface area contributed by atoms with Crippen LogP contribution in [-0.4, -0.2) is 46.0 Å². The normalized spacial score (nSPS) is 12.8. The summed E-state index contributed by atoms with van der Waals surface area (Å²) in [5.74, 6) is -2.14. The molecule has 0 saturated carbocycles. The molecule has 230 valence electrons. The maximum Gasteiger partial charge on any atom is 0.355 e. The quantitative estimate of drug-likeness (QED) is 0.174. The Hall–Kier alpha value is -4.60. The van der Waals surface area contributed by atoms with Crippen molar-refractivity contribution in [3.05, 3.63) is 114 Å². The number of aliphatic hydroxyl groups is 2. The van der Waals surface area contributed by atoms with Crippen LogP contribution < -0.4 is 0 Å². The molecule has 4 aromatic rings. The maximum atomic E-state index is 14.0. The molecule has 4 rings (SSSR count). The number of carbonyl (C=O) groups is 2. The number of halogens is 2. The van der Waals surface area contributed by atoms with Crippen molar-refractivity contribution in [2.45, 2.75) is 51.5 Å². The van der Waals surface area contributed by atoms with Crippen LogP contribution in [0.1, 0.15) is 54.5 Å². The molecule has 2 N–H and O–H groups in total. The third-order valence-electron chi connectivity index (χ3n) is 7.05. The number of nitrogens with zero attached hydrogens (tertiary/aromatic N) is 1. The first kappa shape index (κ1) is 32.3. The number of rotatable bonds is 12. The summed E-state index contributed by atoms with van der Waals surface area (Å²) in [7, 11) is 1.21. The SMILES string of the molecule is COC(=O)CC(O)CC(O)/C=C/c1c(-c2ccc(F)cc2)c(-c2ccc(F)cc2)c(C(=O)OCc2ccccc2)n1C(C)C. The number of hydrogen-bond acceptors (Lipinski definition) is 6. The summed E-state index contributed by atoms with van der Waals surface area (Å²) < 4.78 is 40.2. The van der Waals surface area contributed by atoms with Gasteiger partial charge in [-0.05, 0) is 60.9 Å². The van der Waals surface area contributed by atoms with E-state index in [2.05, 4.69) is 4.74 Å². The van der Waals surface area contributed by atoms with E-state index in [9.17, 15) is 28.6 Å². The van der Waals surface area contributed by atoms with Crippen LogP contribution in [0.5, 0.6) is 0 Å². The van der Waals surface area contributed by atoms with Gasteiger partial charge in [0.2, 0.25) is 0 Å². The number of esters is 2. The van der Waals surface area contributed by atoms with E-state index < -0.39 is 35.8 Å². The highest BCUT2D eigenvalue weighted by Gasteiger charge is 2.30. The summed E-state index contributed by atoms with van der Waals surface area (Å²) >= 11 is 0. The lowest BCUT2D eigenvalue weighted by Crippen LogP contribution is -2.20. The Morgan fingerprint density at radius 2 is 1.43 bits per heavy atom. The van der Waals surface area contributed by atoms with Gasteiger partial charge in [0.1, 0.15) is 23.9 Å². The Labute approximate surface area is 255 Å². The van der Waals surface area contributed by atoms with Gasteiger partial charge in [0.05, 0.1) is 25.7 Å². The van der Waals surface area contributed by atoms with Crippen molar-refractivity contribution in [2.75, 3.05) is 7.11 Å². The molecule has 2 atom stereocenters. The molecule has 0 aliphatic rings. The van der Waals surface area contributed by atoms with Crippen LogP contribution in [0.2, 0.25) is 0 Å². The number of hydrogen-bond donors (Lipinski definition) is 2. The van der Waals surface area contributed by atoms with Crippen molar-refractivity contribution < 1.29 is 38.1 Å². The minimum Gasteiger partial charge on any atom is -0.469 e. The summed E-state index contributed by atoms with van der Waals surface area (Å²) in [6.45, 7) is 3.77. The minimum atomic E-state index is -1.16. The number of carbonyl (C=O) groups excluding carboxylic acids is 2. The Bertz CT molecular complexity index is 1600. The highest BCUT2D eigenvalue weighted by molar-refractivity contribution is 6.04. The Kier molecular flexibility index (Phi) is 10.8. The highest BCUT2D eigenvalue weighted by Crippen LogP contribution is 2.43. The number of aliphatic hydroxyl groups excluding tert-OH is 2. The van der Waals surface area contributed by atoms with Crippen LogP contribution in [0, 0.1) is 11.6 Å². The molecule has 0 bridgehead atoms. The van der Waals surface area contributed by atoms with Gasteiger partial charge in [0.25, 0.3) is 0 Å². The largest absolute Gasteiger partial charge is 0.469 e. The van der Waals surface area contributed by atoms with Gasteiger partial charge in [-0.1, -0.05) is 60.7 Å². The van der Waals surface area contributed by atoms with Crippen molar-refractivity contribution in [2.24, 2.45) is 0 Å². The maximum absolute atomic E-state index is 14.0. The molecule has 0 amide bonds. The smallest absolute Gasteiger partial charge is 0.355 e. The number of ether oxygens (including phenoxy) is 2. The van der Waals surface area contributed by atoms with E-state index in [1.54, 1.807) is 34.9 Å². The lowest BCUT2D eigenvalue weighted by molar-refractivity contribution is -0.143. The van der Waals surface area contributed by atoms with Crippen molar-refractivity contribution >= 4 is 18.0 Å². The van der Waals surface area contributed by atoms with Gasteiger partial charge in [-0.3, -0.25) is 4.79 Å². The second kappa shape index (κ2) is 14.7. The molecule has 0 fully saturated rings. The second-order valence-electron chi connectivity index (χ2n) is 10.6. The average molecular weight is 604 g/mol. The topological polar surface area (TPSA) is 98.0 Å². The standard InChI is InChI=1S/C35H35F2NO6/c1-22(2)38-30(18-17-28(39)19-29(40)20-31(41)43-3)32(24-9-13-26(36)14-10-24)33(25-11-15-27(37)16-12-25)34(38)35(42)44-21-23-7-5-4-6-8-23/h4-18,22,28-29,39-40H,19-21H2,1-3H3/b18-17+. The molecule has 2 unspecified atom stereocenters. The van der Waals surface area contributed by atoms with E-state index in [4.69, 9.17) is 4.74 Å². The van der Waals surface area contributed by atoms with Crippen LogP contribution in [-0.2, 0) is 20.9 Å². The minimum absolute atomic E-state index is 0.0135. The molecule has 7 nitrogen and oxygen atoms in total. The Balaban J connectivity index is 1.90. The molecule has 0 saturated heterocycles. The molecule has 0 aliphatic heterocycles. The van der Waals surface area contributed by atoms with Gasteiger partial charge in [0, 0.05) is 29.3 Å². The number of benzene rings is 3. The Morgan fingerprint density at radius 1 is 0.864 bits per heavy atom. The highest BCUT2D eigenvalue weighted by atomic mass is 19.1. The molecule has 0 aliphatic carbocycles. The van der Waals surface area contributed by atoms with E-state index in [-0.39, 0.29) is 31.2 Å². The lowest BCUT2D eigenvalue weighted by Gasteiger charge is -2.17. The monoisotopic (exact) mass is 603 g/mol. The van der Waals surface area contributed by atoms with Crippen LogP contribution in [0.25, 0.3) is 28.3 Å². The van der Waals surface area contributed by atoms with Crippen LogP contribution in [0.4, 0.5) is 8.78 Å². The second-order valence-corrected chi connectivity index (χ2v) is 10.6. The van der Waals surface area contributed by atoms with E-state index in [0.717, 1.165) is 5.56 Å². The van der Waals surface area contributed by atoms with E-state index in [1.807, 2.05) is 44.2 Å². The third-order valence-corrected chi connectivity index (χ3v) is 7.05. The van der Waals surface area contributed by atoms with Crippen molar-refractivity contribution in [1.82, 2.24) is 4.57 Å². The van der Waals surface area contributed by atoms with Gasteiger partial charge >= 0.3 is 11.9 Å². The van der Waals surface area contributed by atoms with E-state index in [0.29, 0.717) is 27.9 Å². The lowest BCUT2D eigenvalue weighted by atomic mass is 9.94. The summed E-state index contributed by atoms with van der Waals surface area (Å²) in [6.07, 6.45) is 0.348. The summed E-state index contributed by atoms with van der Waals surface area (Å²) in [5, 5.41) is 21.0. The fourth-order valence-corrected chi connectivity index (χ4v) is 5.02. The molecular weight excluding hydrogens is 568 g/mol. The Morgan fingerprint density at radius 3 is 1.98 bits per heavy atom. The zero-order valence-electron chi connectivity index (χ0n) is 24.7. The average Bonchev–Trinajstić information content (AvgIpc) is 3.35. The van der Waals surface area contributed by atoms with Gasteiger partial charge in [0.15, 0.2) is 0 Å². The zero-order chi connectivity index (χ0) is 31.8. The van der Waals surface area contributed by atoms with Crippen molar-refractivity contribution in [1.29, 1.82) is 0 Å². The first-order valence-corrected chi connectivity index (χ1v) is 14.2. The number of aromatic nitrogens is 1. The predicted octanol–water partition coefficient (Wildman–Crippen LogP) is 6.73. The third kappa shape index (κ3) is 7.86. The van der Waals surface area contributed by atoms with Gasteiger partial charge in [-0.2, -0.15) is 0 Å². The number of methoxy groups -OCH3 is 1. The summed E-state index contributed by atoms with van der Waals surface area (Å²) in [6, 6.07) is 20.4. The van der Waals surface area contributed by atoms with Crippen molar-refractivity contribution in [3.63, 3.8) is 0 Å². The molecule has 1 heterocycles. The van der Waals surface area contributed by atoms with Crippen molar-refractivity contribution in [3.8, 4) is 22.3 Å². The summed E-state index contributed by atoms with van der Waals surface area (Å²) in [4.78, 5) is 25.5. The predicted molar refractivity (Wildman–Crippen MR) is 163 cm³/mol. The fourth-order valence-electron chi connectivity index (χ4n) is 5.02. The van der Waals surface area contributed by atoms with Gasteiger partial charge < -0.3 is 24.3 Å². The first-order chi connectivity index (χ1) is 21.1. The van der Waals surface area contributed by atoms with Crippen LogP contribution in [0.15, 0.2) is 84.9 Å². The van der Waals surface area contributed by atoms with Crippen LogP contribution >= 0.6 is 0 Å². The molecule has 0 radical (unpaired) electrons. The first-order valence-electron chi connectivity index (χ1n) is 14.2. The molecular formula is C35H35F2NO6. The van der Waals surface area contributed by atoms with Gasteiger partial charge in [-0.15, -0.1) is 0 Å². The van der Waals surface area contributed by atoms with Crippen LogP contribution in [0.3, 0.4) is 0 Å². The molecule has 9 heteroatoms. The van der Waals surface area contributed by atoms with E-state index in [1.165, 1.54) is 37.5 Å². The molecule has 44 heavy (non-hydrogen) atoms. The molecule has 3 aromatic carbocycles. The molecule has 1 aromatic heterocycles. The fraction of sp³-hybridized carbons (Fsp3) is 0.257. The molecule has 0 spiro atoms. The van der Waals surface area contributed by atoms with E-state index >= 15 is 0 Å². The van der Waals surface area contributed by atoms with Gasteiger partial charge in [-0.25, -0.2) is 13.6 Å².